The topological polar surface area (TPSA) is 63.4 Å². The van der Waals surface area contributed by atoms with E-state index >= 15 is 0 Å². The third kappa shape index (κ3) is 5.51. The van der Waals surface area contributed by atoms with Crippen molar-refractivity contribution in [1.29, 1.82) is 0 Å². The zero-order chi connectivity index (χ0) is 12.7. The molecule has 0 aliphatic carbocycles. The summed E-state index contributed by atoms with van der Waals surface area (Å²) in [5, 5.41) is 3.20. The maximum atomic E-state index is 5.69. The number of aromatic nitrogens is 1. The van der Waals surface area contributed by atoms with Crippen molar-refractivity contribution in [1.82, 2.24) is 9.88 Å². The van der Waals surface area contributed by atoms with E-state index in [1.807, 2.05) is 33.2 Å². The van der Waals surface area contributed by atoms with Gasteiger partial charge in [0.15, 0.2) is 0 Å². The zero-order valence-electron chi connectivity index (χ0n) is 10.9. The minimum absolute atomic E-state index is 0.680. The summed E-state index contributed by atoms with van der Waals surface area (Å²) in [5.74, 6) is 0.841. The summed E-state index contributed by atoms with van der Waals surface area (Å²) >= 11 is 0. The largest absolute Gasteiger partial charge is 0.397 e. The predicted octanol–water partition coefficient (Wildman–Crippen LogP) is 0.962. The molecule has 0 aliphatic heterocycles. The van der Waals surface area contributed by atoms with Crippen LogP contribution in [0.5, 0.6) is 0 Å². The molecule has 0 fully saturated rings. The Morgan fingerprint density at radius 2 is 2.12 bits per heavy atom. The van der Waals surface area contributed by atoms with E-state index in [4.69, 9.17) is 10.5 Å². The van der Waals surface area contributed by atoms with E-state index in [1.54, 1.807) is 0 Å². The first kappa shape index (κ1) is 13.7. The summed E-state index contributed by atoms with van der Waals surface area (Å²) < 4.78 is 5.46. The Morgan fingerprint density at radius 1 is 1.35 bits per heavy atom. The Kier molecular flexibility index (Phi) is 5.72. The molecule has 1 aromatic rings. The second-order valence-corrected chi connectivity index (χ2v) is 4.21. The molecule has 0 unspecified atom stereocenters. The van der Waals surface area contributed by atoms with E-state index in [9.17, 15) is 0 Å². The molecule has 0 radical (unpaired) electrons. The van der Waals surface area contributed by atoms with Gasteiger partial charge in [-0.15, -0.1) is 0 Å². The van der Waals surface area contributed by atoms with Crippen LogP contribution in [0.2, 0.25) is 0 Å². The smallest absolute Gasteiger partial charge is 0.126 e. The number of nitrogens with two attached hydrogens (primary N) is 1. The number of anilines is 2. The van der Waals surface area contributed by atoms with Crippen molar-refractivity contribution in [3.63, 3.8) is 0 Å². The maximum Gasteiger partial charge on any atom is 0.126 e. The predicted molar refractivity (Wildman–Crippen MR) is 71.2 cm³/mol. The molecule has 3 N–H and O–H groups in total. The molecule has 0 aromatic carbocycles. The molecule has 0 amide bonds. The van der Waals surface area contributed by atoms with Crippen molar-refractivity contribution in [3.8, 4) is 0 Å². The van der Waals surface area contributed by atoms with E-state index in [1.165, 1.54) is 0 Å². The number of rotatable bonds is 7. The molecule has 0 atom stereocenters. The Balaban J connectivity index is 2.16. The summed E-state index contributed by atoms with van der Waals surface area (Å²) in [6.07, 6.45) is 0. The van der Waals surface area contributed by atoms with Gasteiger partial charge in [0.1, 0.15) is 5.82 Å². The van der Waals surface area contributed by atoms with Gasteiger partial charge in [0.2, 0.25) is 0 Å². The number of likely N-dealkylation sites (N-methyl/N-ethyl adjacent to an activating group) is 1. The SMILES string of the molecule is Cc1nc(NCCOCCN(C)C)ccc1N. The minimum atomic E-state index is 0.680. The molecule has 1 aromatic heterocycles. The van der Waals surface area contributed by atoms with Gasteiger partial charge >= 0.3 is 0 Å². The lowest BCUT2D eigenvalue weighted by Crippen LogP contribution is -2.20. The molecule has 0 aliphatic rings. The summed E-state index contributed by atoms with van der Waals surface area (Å²) in [6, 6.07) is 3.74. The van der Waals surface area contributed by atoms with Gasteiger partial charge in [-0.2, -0.15) is 0 Å². The summed E-state index contributed by atoms with van der Waals surface area (Å²) in [4.78, 5) is 6.41. The molecule has 17 heavy (non-hydrogen) atoms. The van der Waals surface area contributed by atoms with E-state index in [0.717, 1.165) is 36.9 Å². The first-order valence-corrected chi connectivity index (χ1v) is 5.79. The molecule has 0 saturated heterocycles. The number of ether oxygens (including phenoxy) is 1. The van der Waals surface area contributed by atoms with Gasteiger partial charge in [-0.25, -0.2) is 4.98 Å². The van der Waals surface area contributed by atoms with Gasteiger partial charge in [0, 0.05) is 13.1 Å². The average molecular weight is 238 g/mol. The van der Waals surface area contributed by atoms with Crippen LogP contribution in [0.4, 0.5) is 11.5 Å². The highest BCUT2D eigenvalue weighted by Crippen LogP contribution is 2.11. The number of nitrogens with zero attached hydrogens (tertiary/aromatic N) is 2. The van der Waals surface area contributed by atoms with Gasteiger partial charge in [0.05, 0.1) is 24.6 Å². The van der Waals surface area contributed by atoms with Crippen molar-refractivity contribution in [2.24, 2.45) is 0 Å². The van der Waals surface area contributed by atoms with Crippen LogP contribution in [0.15, 0.2) is 12.1 Å². The van der Waals surface area contributed by atoms with Crippen LogP contribution in [0.3, 0.4) is 0 Å². The van der Waals surface area contributed by atoms with E-state index in [-0.39, 0.29) is 0 Å². The highest BCUT2D eigenvalue weighted by Gasteiger charge is 1.97. The number of pyridine rings is 1. The third-order valence-electron chi connectivity index (χ3n) is 2.36. The van der Waals surface area contributed by atoms with E-state index in [0.29, 0.717) is 6.61 Å². The van der Waals surface area contributed by atoms with Crippen molar-refractivity contribution < 1.29 is 4.74 Å². The fraction of sp³-hybridized carbons (Fsp3) is 0.583. The van der Waals surface area contributed by atoms with Crippen LogP contribution in [-0.2, 0) is 4.74 Å². The van der Waals surface area contributed by atoms with Crippen molar-refractivity contribution in [2.45, 2.75) is 6.92 Å². The summed E-state index contributed by atoms with van der Waals surface area (Å²) in [6.45, 7) is 5.03. The molecule has 0 spiro atoms. The average Bonchev–Trinajstić information content (AvgIpc) is 2.27. The molecule has 0 bridgehead atoms. The molecular weight excluding hydrogens is 216 g/mol. The summed E-state index contributed by atoms with van der Waals surface area (Å²) in [7, 11) is 4.06. The Hall–Kier alpha value is -1.33. The summed E-state index contributed by atoms with van der Waals surface area (Å²) in [5.41, 5.74) is 7.26. The van der Waals surface area contributed by atoms with E-state index in [2.05, 4.69) is 15.2 Å². The standard InChI is InChI=1S/C12H22N4O/c1-10-11(13)4-5-12(15-10)14-6-8-17-9-7-16(2)3/h4-5H,6-9,13H2,1-3H3,(H,14,15). The number of aryl methyl sites for hydroxylation is 1. The molecule has 5 nitrogen and oxygen atoms in total. The number of nitrogen functional groups attached to an aromatic ring is 1. The normalized spacial score (nSPS) is 10.8. The van der Waals surface area contributed by atoms with Crippen LogP contribution in [-0.4, -0.2) is 50.3 Å². The van der Waals surface area contributed by atoms with Gasteiger partial charge < -0.3 is 20.7 Å². The molecule has 1 heterocycles. The van der Waals surface area contributed by atoms with Gasteiger partial charge in [-0.1, -0.05) is 0 Å². The second kappa shape index (κ2) is 7.09. The van der Waals surface area contributed by atoms with Crippen LogP contribution in [0.1, 0.15) is 5.69 Å². The molecule has 1 rings (SSSR count). The van der Waals surface area contributed by atoms with Crippen LogP contribution in [0, 0.1) is 6.92 Å². The quantitative estimate of drug-likeness (QED) is 0.693. The monoisotopic (exact) mass is 238 g/mol. The van der Waals surface area contributed by atoms with Gasteiger partial charge in [-0.3, -0.25) is 0 Å². The zero-order valence-corrected chi connectivity index (χ0v) is 10.9. The molecule has 0 saturated carbocycles. The fourth-order valence-electron chi connectivity index (χ4n) is 1.27. The molecule has 96 valence electrons. The highest BCUT2D eigenvalue weighted by molar-refractivity contribution is 5.48. The first-order chi connectivity index (χ1) is 8.09. The highest BCUT2D eigenvalue weighted by atomic mass is 16.5. The number of nitrogens with one attached hydrogen (secondary N) is 1. The van der Waals surface area contributed by atoms with Crippen molar-refractivity contribution in [2.75, 3.05) is 51.4 Å². The Labute approximate surface area is 103 Å². The van der Waals surface area contributed by atoms with Crippen molar-refractivity contribution in [3.05, 3.63) is 17.8 Å². The van der Waals surface area contributed by atoms with Crippen molar-refractivity contribution >= 4 is 11.5 Å². The lowest BCUT2D eigenvalue weighted by Gasteiger charge is -2.11. The number of hydrogen-bond donors (Lipinski definition) is 2. The maximum absolute atomic E-state index is 5.69. The minimum Gasteiger partial charge on any atom is -0.397 e. The van der Waals surface area contributed by atoms with Crippen LogP contribution >= 0.6 is 0 Å². The van der Waals surface area contributed by atoms with E-state index < -0.39 is 0 Å². The fourth-order valence-corrected chi connectivity index (χ4v) is 1.27. The molecule has 5 heteroatoms. The second-order valence-electron chi connectivity index (χ2n) is 4.21. The van der Waals surface area contributed by atoms with Gasteiger partial charge in [-0.05, 0) is 33.2 Å². The van der Waals surface area contributed by atoms with Crippen LogP contribution in [0.25, 0.3) is 0 Å². The number of hydrogen-bond acceptors (Lipinski definition) is 5. The lowest BCUT2D eigenvalue weighted by molar-refractivity contribution is 0.126. The van der Waals surface area contributed by atoms with Crippen LogP contribution < -0.4 is 11.1 Å². The lowest BCUT2D eigenvalue weighted by atomic mass is 10.3. The Bertz CT molecular complexity index is 341. The van der Waals surface area contributed by atoms with Gasteiger partial charge in [0.25, 0.3) is 0 Å². The Morgan fingerprint density at radius 3 is 2.76 bits per heavy atom. The third-order valence-corrected chi connectivity index (χ3v) is 2.36. The molecular formula is C12H22N4O. The first-order valence-electron chi connectivity index (χ1n) is 5.79.